The minimum Gasteiger partial charge on any atom is -0.355 e. The number of carbonyl (C=O) groups excluding carboxylic acids is 2. The second-order valence-electron chi connectivity index (χ2n) is 9.68. The van der Waals surface area contributed by atoms with E-state index in [1.807, 2.05) is 23.3 Å². The number of nitrogens with one attached hydrogen (secondary N) is 2. The molecule has 2 N–H and O–H groups in total. The Labute approximate surface area is 232 Å². The van der Waals surface area contributed by atoms with Crippen LogP contribution in [0.1, 0.15) is 55.3 Å². The van der Waals surface area contributed by atoms with Gasteiger partial charge in [0.15, 0.2) is 21.5 Å². The summed E-state index contributed by atoms with van der Waals surface area (Å²) in [5.74, 6) is 0.907. The Hall–Kier alpha value is -3.51. The molecule has 2 amide bonds. The van der Waals surface area contributed by atoms with Crippen molar-refractivity contribution in [3.63, 3.8) is 0 Å². The number of amides is 2. The predicted octanol–water partition coefficient (Wildman–Crippen LogP) is 3.49. The van der Waals surface area contributed by atoms with Gasteiger partial charge in [0.1, 0.15) is 6.33 Å². The smallest absolute Gasteiger partial charge is 0.255 e. The van der Waals surface area contributed by atoms with Gasteiger partial charge in [0.2, 0.25) is 5.91 Å². The molecule has 4 rings (SSSR count). The van der Waals surface area contributed by atoms with Crippen molar-refractivity contribution < 1.29 is 18.0 Å². The van der Waals surface area contributed by atoms with Crippen LogP contribution in [0.25, 0.3) is 0 Å². The van der Waals surface area contributed by atoms with Crippen LogP contribution in [0.3, 0.4) is 0 Å². The van der Waals surface area contributed by atoms with Crippen molar-refractivity contribution in [2.45, 2.75) is 50.6 Å². The molecule has 1 aliphatic heterocycles. The molecule has 3 heterocycles. The first kappa shape index (κ1) is 28.5. The second-order valence-corrected chi connectivity index (χ2v) is 12.1. The van der Waals surface area contributed by atoms with Crippen LogP contribution in [0.4, 0.5) is 11.5 Å². The molecule has 1 saturated heterocycles. The van der Waals surface area contributed by atoms with Crippen molar-refractivity contribution in [3.8, 4) is 0 Å². The van der Waals surface area contributed by atoms with Crippen molar-refractivity contribution in [1.82, 2.24) is 25.1 Å². The van der Waals surface area contributed by atoms with Crippen LogP contribution >= 0.6 is 11.6 Å². The summed E-state index contributed by atoms with van der Waals surface area (Å²) in [6.45, 7) is 5.81. The van der Waals surface area contributed by atoms with Gasteiger partial charge in [-0.25, -0.2) is 13.4 Å². The first-order valence-electron chi connectivity index (χ1n) is 12.7. The predicted molar refractivity (Wildman–Crippen MR) is 149 cm³/mol. The van der Waals surface area contributed by atoms with Crippen molar-refractivity contribution in [2.24, 2.45) is 5.92 Å². The summed E-state index contributed by atoms with van der Waals surface area (Å²) in [6, 6.07) is 7.67. The molecule has 3 aromatic rings. The molecule has 1 aliphatic rings. The van der Waals surface area contributed by atoms with Gasteiger partial charge in [-0.3, -0.25) is 9.59 Å². The summed E-state index contributed by atoms with van der Waals surface area (Å²) >= 11 is 6.03. The highest BCUT2D eigenvalue weighted by Gasteiger charge is 2.26. The van der Waals surface area contributed by atoms with Crippen LogP contribution in [-0.2, 0) is 21.2 Å². The molecule has 11 nitrogen and oxygen atoms in total. The fraction of sp³-hybridized carbons (Fsp3) is 0.423. The van der Waals surface area contributed by atoms with Crippen LogP contribution in [0, 0.1) is 5.92 Å². The average Bonchev–Trinajstić information content (AvgIpc) is 3.38. The van der Waals surface area contributed by atoms with E-state index in [4.69, 9.17) is 11.6 Å². The molecule has 208 valence electrons. The average molecular weight is 574 g/mol. The number of pyridine rings is 1. The molecule has 13 heteroatoms. The number of rotatable bonds is 9. The molecule has 0 radical (unpaired) electrons. The van der Waals surface area contributed by atoms with E-state index < -0.39 is 15.7 Å². The van der Waals surface area contributed by atoms with Gasteiger partial charge in [-0.15, -0.1) is 10.2 Å². The van der Waals surface area contributed by atoms with Gasteiger partial charge < -0.3 is 20.1 Å². The number of nitrogens with zero attached hydrogens (tertiary/aromatic N) is 5. The summed E-state index contributed by atoms with van der Waals surface area (Å²) in [6.07, 6.45) is 5.91. The molecule has 0 saturated carbocycles. The van der Waals surface area contributed by atoms with Crippen molar-refractivity contribution >= 4 is 44.8 Å². The van der Waals surface area contributed by atoms with Gasteiger partial charge >= 0.3 is 0 Å². The van der Waals surface area contributed by atoms with E-state index >= 15 is 0 Å². The third-order valence-electron chi connectivity index (χ3n) is 6.74. The fourth-order valence-corrected chi connectivity index (χ4v) is 5.39. The maximum absolute atomic E-state index is 12.9. The lowest BCUT2D eigenvalue weighted by Gasteiger charge is -2.33. The zero-order chi connectivity index (χ0) is 28.2. The zero-order valence-corrected chi connectivity index (χ0v) is 23.7. The van der Waals surface area contributed by atoms with Crippen molar-refractivity contribution in [3.05, 3.63) is 59.3 Å². The maximum Gasteiger partial charge on any atom is 0.255 e. The summed E-state index contributed by atoms with van der Waals surface area (Å²) in [5, 5.41) is 14.3. The number of halogens is 1. The molecule has 2 aromatic heterocycles. The highest BCUT2D eigenvalue weighted by atomic mass is 35.5. The molecule has 0 spiro atoms. The maximum atomic E-state index is 12.9. The van der Waals surface area contributed by atoms with E-state index in [0.717, 1.165) is 31.5 Å². The van der Waals surface area contributed by atoms with Crippen LogP contribution in [-0.4, -0.2) is 59.3 Å². The van der Waals surface area contributed by atoms with Gasteiger partial charge in [0, 0.05) is 49.1 Å². The lowest BCUT2D eigenvalue weighted by Crippen LogP contribution is -2.37. The minimum absolute atomic E-state index is 0.00669. The van der Waals surface area contributed by atoms with Crippen molar-refractivity contribution in [1.29, 1.82) is 0 Å². The standard InChI is InChI=1S/C26H32ClN7O4S/c1-4-33-16-29-32-24(33)17(2)30-23(35)12-18-8-10-34(11-9-18)25-22(14-21(15-28-25)39(3,37)38)31-26(36)19-6-5-7-20(27)13-19/h5-7,13-18H,4,8-12H2,1-3H3,(H,30,35)(H,31,36). The number of benzene rings is 1. The lowest BCUT2D eigenvalue weighted by atomic mass is 9.93. The molecule has 1 unspecified atom stereocenters. The molecule has 1 fully saturated rings. The normalized spacial score (nSPS) is 15.1. The lowest BCUT2D eigenvalue weighted by molar-refractivity contribution is -0.122. The Bertz CT molecular complexity index is 1450. The van der Waals surface area contributed by atoms with Crippen LogP contribution in [0.5, 0.6) is 0 Å². The summed E-state index contributed by atoms with van der Waals surface area (Å²) in [7, 11) is -3.54. The number of anilines is 2. The third kappa shape index (κ3) is 7.12. The monoisotopic (exact) mass is 573 g/mol. The number of hydrogen-bond donors (Lipinski definition) is 2. The van der Waals surface area contributed by atoms with Crippen LogP contribution in [0.15, 0.2) is 47.8 Å². The first-order chi connectivity index (χ1) is 18.5. The van der Waals surface area contributed by atoms with E-state index in [-0.39, 0.29) is 22.8 Å². The first-order valence-corrected chi connectivity index (χ1v) is 15.0. The largest absolute Gasteiger partial charge is 0.355 e. The Morgan fingerprint density at radius 1 is 1.21 bits per heavy atom. The number of piperidine rings is 1. The van der Waals surface area contributed by atoms with Gasteiger partial charge in [-0.2, -0.15) is 0 Å². The van der Waals surface area contributed by atoms with Gasteiger partial charge in [-0.1, -0.05) is 17.7 Å². The minimum atomic E-state index is -3.54. The Morgan fingerprint density at radius 2 is 1.95 bits per heavy atom. The quantitative estimate of drug-likeness (QED) is 0.396. The fourth-order valence-electron chi connectivity index (χ4n) is 4.63. The molecule has 0 aliphatic carbocycles. The van der Waals surface area contributed by atoms with E-state index in [1.54, 1.807) is 24.5 Å². The summed E-state index contributed by atoms with van der Waals surface area (Å²) in [5.41, 5.74) is 0.641. The SMILES string of the molecule is CCn1cnnc1C(C)NC(=O)CC1CCN(c2ncc(S(C)(=O)=O)cc2NC(=O)c2cccc(Cl)c2)CC1. The highest BCUT2D eigenvalue weighted by molar-refractivity contribution is 7.90. The highest BCUT2D eigenvalue weighted by Crippen LogP contribution is 2.31. The Morgan fingerprint density at radius 3 is 2.62 bits per heavy atom. The Kier molecular flexibility index (Phi) is 8.86. The summed E-state index contributed by atoms with van der Waals surface area (Å²) < 4.78 is 26.2. The van der Waals surface area contributed by atoms with Crippen LogP contribution < -0.4 is 15.5 Å². The van der Waals surface area contributed by atoms with E-state index in [1.165, 1.54) is 18.3 Å². The number of sulfone groups is 1. The summed E-state index contributed by atoms with van der Waals surface area (Å²) in [4.78, 5) is 32.1. The molecule has 0 bridgehead atoms. The topological polar surface area (TPSA) is 139 Å². The molecular formula is C26H32ClN7O4S. The number of aromatic nitrogens is 4. The zero-order valence-electron chi connectivity index (χ0n) is 22.1. The van der Waals surface area contributed by atoms with Crippen molar-refractivity contribution in [2.75, 3.05) is 29.6 Å². The van der Waals surface area contributed by atoms with Crippen LogP contribution in [0.2, 0.25) is 5.02 Å². The molecule has 39 heavy (non-hydrogen) atoms. The van der Waals surface area contributed by atoms with E-state index in [9.17, 15) is 18.0 Å². The Balaban J connectivity index is 1.42. The number of carbonyl (C=O) groups is 2. The number of hydrogen-bond acceptors (Lipinski definition) is 8. The molecule has 1 aromatic carbocycles. The number of aryl methyl sites for hydroxylation is 1. The molecular weight excluding hydrogens is 542 g/mol. The second kappa shape index (κ2) is 12.1. The third-order valence-corrected chi connectivity index (χ3v) is 8.06. The van der Waals surface area contributed by atoms with Gasteiger partial charge in [0.05, 0.1) is 16.6 Å². The van der Waals surface area contributed by atoms with Gasteiger partial charge in [-0.05, 0) is 56.9 Å². The van der Waals surface area contributed by atoms with E-state index in [2.05, 4.69) is 25.8 Å². The van der Waals surface area contributed by atoms with Gasteiger partial charge in [0.25, 0.3) is 5.91 Å². The molecule has 1 atom stereocenters. The van der Waals surface area contributed by atoms with E-state index in [0.29, 0.717) is 41.6 Å².